The molecule has 0 radical (unpaired) electrons. The molecule has 22 heavy (non-hydrogen) atoms. The standard InChI is InChI=1S/C19H36N2O/c22-19(13-20-12-16-6-2-1-3-7-16)15-21-11-10-17-8-4-5-9-18(17)14-21/h16-20,22H,1-15H2/t17-,18+,19+/m0/s1. The van der Waals surface area contributed by atoms with Gasteiger partial charge in [0.1, 0.15) is 0 Å². The second-order valence-corrected chi connectivity index (χ2v) is 8.17. The lowest BCUT2D eigenvalue weighted by molar-refractivity contribution is 0.0460. The molecular weight excluding hydrogens is 272 g/mol. The van der Waals surface area contributed by atoms with Gasteiger partial charge in [0.05, 0.1) is 6.10 Å². The quantitative estimate of drug-likeness (QED) is 0.792. The molecule has 2 saturated carbocycles. The van der Waals surface area contributed by atoms with E-state index in [-0.39, 0.29) is 6.10 Å². The Balaban J connectivity index is 1.30. The summed E-state index contributed by atoms with van der Waals surface area (Å²) in [6, 6.07) is 0. The lowest BCUT2D eigenvalue weighted by Gasteiger charge is -2.41. The minimum atomic E-state index is -0.191. The third kappa shape index (κ3) is 4.94. The van der Waals surface area contributed by atoms with Crippen LogP contribution in [0.1, 0.15) is 64.2 Å². The number of rotatable bonds is 6. The van der Waals surface area contributed by atoms with Gasteiger partial charge in [0.25, 0.3) is 0 Å². The molecule has 0 aromatic heterocycles. The number of nitrogens with one attached hydrogen (secondary N) is 1. The summed E-state index contributed by atoms with van der Waals surface area (Å²) in [7, 11) is 0. The second-order valence-electron chi connectivity index (χ2n) is 8.17. The van der Waals surface area contributed by atoms with E-state index in [1.54, 1.807) is 0 Å². The van der Waals surface area contributed by atoms with Crippen molar-refractivity contribution in [3.63, 3.8) is 0 Å². The summed E-state index contributed by atoms with van der Waals surface area (Å²) in [5.74, 6) is 2.77. The molecule has 0 unspecified atom stereocenters. The van der Waals surface area contributed by atoms with Crippen molar-refractivity contribution in [3.8, 4) is 0 Å². The van der Waals surface area contributed by atoms with E-state index in [1.807, 2.05) is 0 Å². The first-order chi connectivity index (χ1) is 10.8. The van der Waals surface area contributed by atoms with E-state index in [4.69, 9.17) is 0 Å². The maximum atomic E-state index is 10.3. The summed E-state index contributed by atoms with van der Waals surface area (Å²) in [5.41, 5.74) is 0. The Bertz CT molecular complexity index is 317. The Morgan fingerprint density at radius 2 is 1.64 bits per heavy atom. The lowest BCUT2D eigenvalue weighted by Crippen LogP contribution is -2.46. The largest absolute Gasteiger partial charge is 0.390 e. The first-order valence-corrected chi connectivity index (χ1v) is 9.92. The number of likely N-dealkylation sites (tertiary alicyclic amines) is 1. The number of β-amino-alcohol motifs (C(OH)–C–C–N with tert-alkyl or cyclic N) is 1. The average Bonchev–Trinajstić information content (AvgIpc) is 2.56. The molecule has 0 spiro atoms. The predicted octanol–water partition coefficient (Wildman–Crippen LogP) is 3.03. The van der Waals surface area contributed by atoms with Crippen molar-refractivity contribution < 1.29 is 5.11 Å². The topological polar surface area (TPSA) is 35.5 Å². The summed E-state index contributed by atoms with van der Waals surface area (Å²) in [6.45, 7) is 5.22. The summed E-state index contributed by atoms with van der Waals surface area (Å²) in [5, 5.41) is 13.8. The molecule has 0 amide bonds. The fourth-order valence-corrected chi connectivity index (χ4v) is 5.05. The molecule has 3 nitrogen and oxygen atoms in total. The molecule has 3 atom stereocenters. The monoisotopic (exact) mass is 308 g/mol. The number of fused-ring (bicyclic) bond motifs is 1. The average molecular weight is 309 g/mol. The smallest absolute Gasteiger partial charge is 0.0791 e. The van der Waals surface area contributed by atoms with Crippen LogP contribution in [0.15, 0.2) is 0 Å². The lowest BCUT2D eigenvalue weighted by atomic mass is 9.75. The van der Waals surface area contributed by atoms with Gasteiger partial charge < -0.3 is 15.3 Å². The van der Waals surface area contributed by atoms with Crippen LogP contribution in [0, 0.1) is 17.8 Å². The molecule has 1 aliphatic heterocycles. The molecular formula is C19H36N2O. The van der Waals surface area contributed by atoms with Crippen LogP contribution in [0.5, 0.6) is 0 Å². The summed E-state index contributed by atoms with van der Waals surface area (Å²) in [6.07, 6.45) is 14.0. The van der Waals surface area contributed by atoms with E-state index in [0.29, 0.717) is 0 Å². The van der Waals surface area contributed by atoms with Crippen LogP contribution in [0.25, 0.3) is 0 Å². The maximum Gasteiger partial charge on any atom is 0.0791 e. The Morgan fingerprint density at radius 1 is 0.909 bits per heavy atom. The third-order valence-corrected chi connectivity index (χ3v) is 6.38. The molecule has 1 saturated heterocycles. The van der Waals surface area contributed by atoms with E-state index >= 15 is 0 Å². The number of nitrogens with zero attached hydrogens (tertiary/aromatic N) is 1. The Kier molecular flexibility index (Phi) is 6.58. The van der Waals surface area contributed by atoms with E-state index in [0.717, 1.165) is 37.4 Å². The van der Waals surface area contributed by atoms with Gasteiger partial charge in [-0.15, -0.1) is 0 Å². The Hall–Kier alpha value is -0.120. The highest BCUT2D eigenvalue weighted by Crippen LogP contribution is 2.35. The van der Waals surface area contributed by atoms with Gasteiger partial charge in [-0.1, -0.05) is 38.5 Å². The van der Waals surface area contributed by atoms with E-state index in [9.17, 15) is 5.11 Å². The Labute approximate surface area is 136 Å². The van der Waals surface area contributed by atoms with Crippen LogP contribution in [-0.4, -0.2) is 48.8 Å². The highest BCUT2D eigenvalue weighted by atomic mass is 16.3. The van der Waals surface area contributed by atoms with Gasteiger partial charge in [0, 0.05) is 19.6 Å². The number of hydrogen-bond donors (Lipinski definition) is 2. The fraction of sp³-hybridized carbons (Fsp3) is 1.00. The molecule has 2 aliphatic carbocycles. The minimum Gasteiger partial charge on any atom is -0.390 e. The normalized spacial score (nSPS) is 32.6. The van der Waals surface area contributed by atoms with Crippen LogP contribution in [0.3, 0.4) is 0 Å². The van der Waals surface area contributed by atoms with Crippen molar-refractivity contribution in [2.24, 2.45) is 17.8 Å². The molecule has 3 aliphatic rings. The van der Waals surface area contributed by atoms with Crippen molar-refractivity contribution in [3.05, 3.63) is 0 Å². The molecule has 0 aromatic carbocycles. The Morgan fingerprint density at radius 3 is 2.45 bits per heavy atom. The van der Waals surface area contributed by atoms with Gasteiger partial charge in [-0.25, -0.2) is 0 Å². The van der Waals surface area contributed by atoms with Crippen molar-refractivity contribution in [2.75, 3.05) is 32.7 Å². The van der Waals surface area contributed by atoms with Gasteiger partial charge in [-0.2, -0.15) is 0 Å². The number of aliphatic hydroxyl groups excluding tert-OH is 1. The van der Waals surface area contributed by atoms with Crippen LogP contribution >= 0.6 is 0 Å². The predicted molar refractivity (Wildman–Crippen MR) is 92.0 cm³/mol. The van der Waals surface area contributed by atoms with Crippen LogP contribution in [0.2, 0.25) is 0 Å². The summed E-state index contributed by atoms with van der Waals surface area (Å²) >= 11 is 0. The zero-order chi connectivity index (χ0) is 15.2. The number of piperidine rings is 1. The minimum absolute atomic E-state index is 0.191. The fourth-order valence-electron chi connectivity index (χ4n) is 5.05. The third-order valence-electron chi connectivity index (χ3n) is 6.38. The molecule has 0 aromatic rings. The zero-order valence-electron chi connectivity index (χ0n) is 14.3. The van der Waals surface area contributed by atoms with Gasteiger partial charge in [-0.05, 0) is 56.5 Å². The van der Waals surface area contributed by atoms with Gasteiger partial charge >= 0.3 is 0 Å². The first-order valence-electron chi connectivity index (χ1n) is 9.92. The summed E-state index contributed by atoms with van der Waals surface area (Å²) in [4.78, 5) is 2.53. The second kappa shape index (κ2) is 8.65. The number of hydrogen-bond acceptors (Lipinski definition) is 3. The summed E-state index contributed by atoms with van der Waals surface area (Å²) < 4.78 is 0. The van der Waals surface area contributed by atoms with Crippen molar-refractivity contribution in [1.29, 1.82) is 0 Å². The molecule has 3 heteroatoms. The SMILES string of the molecule is O[C@H](CNCC1CCCCC1)CN1CC[C@@H]2CCCC[C@@H]2C1. The van der Waals surface area contributed by atoms with E-state index < -0.39 is 0 Å². The molecule has 1 heterocycles. The van der Waals surface area contributed by atoms with Crippen LogP contribution < -0.4 is 5.32 Å². The van der Waals surface area contributed by atoms with Gasteiger partial charge in [0.15, 0.2) is 0 Å². The first kappa shape index (κ1) is 16.7. The molecule has 0 bridgehead atoms. The van der Waals surface area contributed by atoms with Crippen LogP contribution in [0.4, 0.5) is 0 Å². The van der Waals surface area contributed by atoms with Gasteiger partial charge in [0.2, 0.25) is 0 Å². The zero-order valence-corrected chi connectivity index (χ0v) is 14.3. The molecule has 2 N–H and O–H groups in total. The van der Waals surface area contributed by atoms with Crippen molar-refractivity contribution in [2.45, 2.75) is 70.3 Å². The highest BCUT2D eigenvalue weighted by Gasteiger charge is 2.31. The van der Waals surface area contributed by atoms with Crippen molar-refractivity contribution in [1.82, 2.24) is 10.2 Å². The molecule has 128 valence electrons. The van der Waals surface area contributed by atoms with E-state index in [2.05, 4.69) is 10.2 Å². The van der Waals surface area contributed by atoms with Crippen LogP contribution in [-0.2, 0) is 0 Å². The molecule has 3 rings (SSSR count). The van der Waals surface area contributed by atoms with Crippen molar-refractivity contribution >= 4 is 0 Å². The van der Waals surface area contributed by atoms with E-state index in [1.165, 1.54) is 77.3 Å². The van der Waals surface area contributed by atoms with Gasteiger partial charge in [-0.3, -0.25) is 0 Å². The molecule has 3 fully saturated rings. The highest BCUT2D eigenvalue weighted by molar-refractivity contribution is 4.84. The number of aliphatic hydroxyl groups is 1. The maximum absolute atomic E-state index is 10.3.